The minimum Gasteiger partial charge on any atom is -0.444 e. The highest BCUT2D eigenvalue weighted by molar-refractivity contribution is 5.85. The number of hydrogen-bond donors (Lipinski definition) is 2. The van der Waals surface area contributed by atoms with Crippen molar-refractivity contribution in [3.8, 4) is 0 Å². The van der Waals surface area contributed by atoms with Crippen LogP contribution in [0, 0.1) is 0 Å². The summed E-state index contributed by atoms with van der Waals surface area (Å²) in [6.07, 6.45) is 2.46. The van der Waals surface area contributed by atoms with E-state index in [-0.39, 0.29) is 6.61 Å². The topological polar surface area (TPSA) is 71.5 Å². The van der Waals surface area contributed by atoms with Gasteiger partial charge in [-0.2, -0.15) is 0 Å². The third kappa shape index (κ3) is 3.86. The van der Waals surface area contributed by atoms with E-state index < -0.39 is 11.7 Å². The standard InChI is InChI=1S/C11H16N2O3/c1-11(2,3)16-10(15)13-9-6-12-5-4-8(9)7-14/h4-6,14H,7H2,1-3H3,(H,13,15). The van der Waals surface area contributed by atoms with E-state index in [1.54, 1.807) is 33.0 Å². The molecule has 1 aromatic heterocycles. The molecule has 0 bridgehead atoms. The van der Waals surface area contributed by atoms with Crippen LogP contribution in [0.1, 0.15) is 26.3 Å². The fourth-order valence-corrected chi connectivity index (χ4v) is 1.09. The number of nitrogens with one attached hydrogen (secondary N) is 1. The summed E-state index contributed by atoms with van der Waals surface area (Å²) in [5, 5.41) is 11.6. The Labute approximate surface area is 94.5 Å². The fourth-order valence-electron chi connectivity index (χ4n) is 1.09. The minimum atomic E-state index is -0.560. The Morgan fingerprint density at radius 2 is 2.25 bits per heavy atom. The molecule has 0 atom stereocenters. The highest BCUT2D eigenvalue weighted by Gasteiger charge is 2.16. The predicted molar refractivity (Wildman–Crippen MR) is 60.0 cm³/mol. The first kappa shape index (κ1) is 12.4. The van der Waals surface area contributed by atoms with Gasteiger partial charge >= 0.3 is 6.09 Å². The molecule has 1 heterocycles. The summed E-state index contributed by atoms with van der Waals surface area (Å²) in [6, 6.07) is 1.63. The van der Waals surface area contributed by atoms with Gasteiger partial charge in [-0.1, -0.05) is 0 Å². The third-order valence-electron chi connectivity index (χ3n) is 1.72. The Bertz CT molecular complexity index is 372. The zero-order valence-electron chi connectivity index (χ0n) is 9.65. The number of nitrogens with zero attached hydrogens (tertiary/aromatic N) is 1. The van der Waals surface area contributed by atoms with Crippen molar-refractivity contribution >= 4 is 11.8 Å². The molecule has 5 heteroatoms. The number of carbonyl (C=O) groups is 1. The van der Waals surface area contributed by atoms with Gasteiger partial charge in [-0.3, -0.25) is 10.3 Å². The lowest BCUT2D eigenvalue weighted by Gasteiger charge is -2.20. The van der Waals surface area contributed by atoms with Crippen molar-refractivity contribution in [2.24, 2.45) is 0 Å². The van der Waals surface area contributed by atoms with E-state index >= 15 is 0 Å². The second-order valence-electron chi connectivity index (χ2n) is 4.32. The van der Waals surface area contributed by atoms with Crippen LogP contribution in [0.5, 0.6) is 0 Å². The first-order valence-electron chi connectivity index (χ1n) is 4.96. The van der Waals surface area contributed by atoms with Gasteiger partial charge < -0.3 is 9.84 Å². The van der Waals surface area contributed by atoms with Gasteiger partial charge in [-0.25, -0.2) is 4.79 Å². The molecule has 0 aliphatic heterocycles. The quantitative estimate of drug-likeness (QED) is 0.805. The molecule has 88 valence electrons. The summed E-state index contributed by atoms with van der Waals surface area (Å²) in [5.74, 6) is 0. The van der Waals surface area contributed by atoms with Crippen molar-refractivity contribution in [3.63, 3.8) is 0 Å². The number of pyridine rings is 1. The van der Waals surface area contributed by atoms with Crippen LogP contribution in [-0.4, -0.2) is 21.8 Å². The molecular formula is C11H16N2O3. The summed E-state index contributed by atoms with van der Waals surface area (Å²) in [7, 11) is 0. The van der Waals surface area contributed by atoms with Crippen molar-refractivity contribution in [2.45, 2.75) is 33.0 Å². The van der Waals surface area contributed by atoms with E-state index in [9.17, 15) is 4.79 Å². The Morgan fingerprint density at radius 1 is 1.56 bits per heavy atom. The maximum Gasteiger partial charge on any atom is 0.412 e. The number of hydrogen-bond acceptors (Lipinski definition) is 4. The maximum absolute atomic E-state index is 11.5. The molecule has 0 saturated carbocycles. The Kier molecular flexibility index (Phi) is 3.84. The number of aliphatic hydroxyl groups is 1. The predicted octanol–water partition coefficient (Wildman–Crippen LogP) is 1.92. The van der Waals surface area contributed by atoms with E-state index in [0.717, 1.165) is 0 Å². The Hall–Kier alpha value is -1.62. The first-order valence-corrected chi connectivity index (χ1v) is 4.96. The van der Waals surface area contributed by atoms with Crippen LogP contribution in [0.25, 0.3) is 0 Å². The Balaban J connectivity index is 2.70. The second kappa shape index (κ2) is 4.94. The molecule has 2 N–H and O–H groups in total. The van der Waals surface area contributed by atoms with E-state index in [4.69, 9.17) is 9.84 Å². The minimum absolute atomic E-state index is 0.159. The van der Waals surface area contributed by atoms with Crippen molar-refractivity contribution in [2.75, 3.05) is 5.32 Å². The number of aromatic nitrogens is 1. The smallest absolute Gasteiger partial charge is 0.412 e. The van der Waals surface area contributed by atoms with Crippen molar-refractivity contribution in [1.82, 2.24) is 4.98 Å². The lowest BCUT2D eigenvalue weighted by molar-refractivity contribution is 0.0635. The molecule has 16 heavy (non-hydrogen) atoms. The normalized spacial score (nSPS) is 11.0. The summed E-state index contributed by atoms with van der Waals surface area (Å²) in [4.78, 5) is 15.3. The lowest BCUT2D eigenvalue weighted by atomic mass is 10.2. The number of anilines is 1. The molecule has 0 fully saturated rings. The molecule has 0 aliphatic carbocycles. The molecule has 0 radical (unpaired) electrons. The molecule has 0 aromatic carbocycles. The number of rotatable bonds is 2. The van der Waals surface area contributed by atoms with Gasteiger partial charge in [0.15, 0.2) is 0 Å². The summed E-state index contributed by atoms with van der Waals surface area (Å²) in [6.45, 7) is 5.18. The van der Waals surface area contributed by atoms with Crippen LogP contribution < -0.4 is 5.32 Å². The number of carbonyl (C=O) groups excluding carboxylic acids is 1. The molecule has 1 amide bonds. The zero-order chi connectivity index (χ0) is 12.2. The van der Waals surface area contributed by atoms with Crippen LogP contribution in [-0.2, 0) is 11.3 Å². The number of amides is 1. The molecule has 0 aliphatic rings. The van der Waals surface area contributed by atoms with Gasteiger partial charge in [0.25, 0.3) is 0 Å². The van der Waals surface area contributed by atoms with E-state index in [1.165, 1.54) is 6.20 Å². The molecule has 5 nitrogen and oxygen atoms in total. The molecule has 0 unspecified atom stereocenters. The molecule has 0 saturated heterocycles. The number of ether oxygens (including phenoxy) is 1. The van der Waals surface area contributed by atoms with Crippen LogP contribution >= 0.6 is 0 Å². The van der Waals surface area contributed by atoms with Gasteiger partial charge in [-0.15, -0.1) is 0 Å². The van der Waals surface area contributed by atoms with Gasteiger partial charge in [0.2, 0.25) is 0 Å². The van der Waals surface area contributed by atoms with Crippen molar-refractivity contribution in [3.05, 3.63) is 24.0 Å². The van der Waals surface area contributed by atoms with Crippen LogP contribution in [0.15, 0.2) is 18.5 Å². The lowest BCUT2D eigenvalue weighted by Crippen LogP contribution is -2.27. The SMILES string of the molecule is CC(C)(C)OC(=O)Nc1cnccc1CO. The highest BCUT2D eigenvalue weighted by Crippen LogP contribution is 2.15. The summed E-state index contributed by atoms with van der Waals surface area (Å²) < 4.78 is 5.08. The summed E-state index contributed by atoms with van der Waals surface area (Å²) in [5.41, 5.74) is 0.506. The number of aliphatic hydroxyl groups excluding tert-OH is 1. The average molecular weight is 224 g/mol. The molecular weight excluding hydrogens is 208 g/mol. The van der Waals surface area contributed by atoms with Crippen LogP contribution in [0.4, 0.5) is 10.5 Å². The first-order chi connectivity index (χ1) is 7.42. The van der Waals surface area contributed by atoms with E-state index in [2.05, 4.69) is 10.3 Å². The maximum atomic E-state index is 11.5. The van der Waals surface area contributed by atoms with Gasteiger partial charge in [0.1, 0.15) is 5.60 Å². The van der Waals surface area contributed by atoms with Crippen molar-refractivity contribution < 1.29 is 14.6 Å². The molecule has 1 rings (SSSR count). The summed E-state index contributed by atoms with van der Waals surface area (Å²) >= 11 is 0. The second-order valence-corrected chi connectivity index (χ2v) is 4.32. The van der Waals surface area contributed by atoms with E-state index in [0.29, 0.717) is 11.3 Å². The van der Waals surface area contributed by atoms with Crippen LogP contribution in [0.2, 0.25) is 0 Å². The van der Waals surface area contributed by atoms with Crippen LogP contribution in [0.3, 0.4) is 0 Å². The monoisotopic (exact) mass is 224 g/mol. The zero-order valence-corrected chi connectivity index (χ0v) is 9.65. The third-order valence-corrected chi connectivity index (χ3v) is 1.72. The van der Waals surface area contributed by atoms with E-state index in [1.807, 2.05) is 0 Å². The average Bonchev–Trinajstić information content (AvgIpc) is 2.15. The van der Waals surface area contributed by atoms with Crippen molar-refractivity contribution in [1.29, 1.82) is 0 Å². The molecule has 0 spiro atoms. The largest absolute Gasteiger partial charge is 0.444 e. The van der Waals surface area contributed by atoms with Gasteiger partial charge in [-0.05, 0) is 26.8 Å². The van der Waals surface area contributed by atoms with Gasteiger partial charge in [0.05, 0.1) is 18.5 Å². The highest BCUT2D eigenvalue weighted by atomic mass is 16.6. The molecule has 1 aromatic rings. The van der Waals surface area contributed by atoms with Gasteiger partial charge in [0, 0.05) is 11.8 Å². The fraction of sp³-hybridized carbons (Fsp3) is 0.455. The Morgan fingerprint density at radius 3 is 2.81 bits per heavy atom.